The molecule has 0 atom stereocenters. The van der Waals surface area contributed by atoms with E-state index in [1.165, 1.54) is 30.6 Å². The van der Waals surface area contributed by atoms with Gasteiger partial charge in [0.25, 0.3) is 0 Å². The standard InChI is InChI=1S/C17H24O3S2/c1-3-20-16(19)15-12-10-8-6-4-5-7-9-11-13(18)14(12)17(21-2)22-15/h3-11H2,1-2H3. The highest BCUT2D eigenvalue weighted by Gasteiger charge is 2.27. The van der Waals surface area contributed by atoms with Crippen LogP contribution in [0.1, 0.15) is 77.5 Å². The molecule has 1 aromatic heterocycles. The van der Waals surface area contributed by atoms with E-state index in [1.54, 1.807) is 11.8 Å². The molecule has 0 saturated carbocycles. The van der Waals surface area contributed by atoms with Gasteiger partial charge in [0, 0.05) is 12.0 Å². The lowest BCUT2D eigenvalue weighted by atomic mass is 9.99. The zero-order chi connectivity index (χ0) is 15.9. The number of carbonyl (C=O) groups is 2. The third-order valence-electron chi connectivity index (χ3n) is 3.98. The van der Waals surface area contributed by atoms with E-state index in [0.717, 1.165) is 41.0 Å². The summed E-state index contributed by atoms with van der Waals surface area (Å²) in [6, 6.07) is 0. The number of fused-ring (bicyclic) bond motifs is 1. The quantitative estimate of drug-likeness (QED) is 0.566. The van der Waals surface area contributed by atoms with E-state index in [0.29, 0.717) is 17.9 Å². The summed E-state index contributed by atoms with van der Waals surface area (Å²) in [5, 5.41) is 0. The topological polar surface area (TPSA) is 43.4 Å². The summed E-state index contributed by atoms with van der Waals surface area (Å²) >= 11 is 3.00. The Hall–Kier alpha value is -0.810. The third kappa shape index (κ3) is 4.13. The lowest BCUT2D eigenvalue weighted by molar-refractivity contribution is 0.0531. The molecule has 1 aromatic rings. The number of rotatable bonds is 3. The molecule has 1 heterocycles. The highest BCUT2D eigenvalue weighted by molar-refractivity contribution is 8.00. The molecule has 3 nitrogen and oxygen atoms in total. The Balaban J connectivity index is 2.41. The summed E-state index contributed by atoms with van der Waals surface area (Å²) in [5.74, 6) is -0.0697. The molecule has 0 radical (unpaired) electrons. The van der Waals surface area contributed by atoms with Crippen LogP contribution in [0.2, 0.25) is 0 Å². The fourth-order valence-corrected chi connectivity index (χ4v) is 4.91. The SMILES string of the molecule is CCOC(=O)c1sc(SC)c2c1CCCCCCCCC2=O. The van der Waals surface area contributed by atoms with Crippen LogP contribution in [0.15, 0.2) is 4.21 Å². The fourth-order valence-electron chi connectivity index (χ4n) is 2.89. The Morgan fingerprint density at radius 1 is 1.14 bits per heavy atom. The van der Waals surface area contributed by atoms with Crippen LogP contribution in [-0.2, 0) is 11.2 Å². The molecule has 22 heavy (non-hydrogen) atoms. The number of hydrogen-bond donors (Lipinski definition) is 0. The highest BCUT2D eigenvalue weighted by Crippen LogP contribution is 2.38. The molecule has 5 heteroatoms. The number of hydrogen-bond acceptors (Lipinski definition) is 5. The molecule has 1 aliphatic carbocycles. The van der Waals surface area contributed by atoms with Gasteiger partial charge < -0.3 is 4.74 Å². The minimum atomic E-state index is -0.272. The maximum atomic E-state index is 12.7. The van der Waals surface area contributed by atoms with Crippen molar-refractivity contribution in [1.82, 2.24) is 0 Å². The van der Waals surface area contributed by atoms with Crippen molar-refractivity contribution in [3.05, 3.63) is 16.0 Å². The van der Waals surface area contributed by atoms with Crippen molar-refractivity contribution < 1.29 is 14.3 Å². The minimum absolute atomic E-state index is 0.202. The maximum absolute atomic E-state index is 12.7. The third-order valence-corrected chi connectivity index (χ3v) is 6.31. The Labute approximate surface area is 140 Å². The largest absolute Gasteiger partial charge is 0.462 e. The number of ketones is 1. The van der Waals surface area contributed by atoms with Crippen molar-refractivity contribution in [3.8, 4) is 0 Å². The first-order valence-corrected chi connectivity index (χ1v) is 10.1. The lowest BCUT2D eigenvalue weighted by Crippen LogP contribution is -2.08. The Kier molecular flexibility index (Phi) is 6.96. The summed E-state index contributed by atoms with van der Waals surface area (Å²) in [5.41, 5.74) is 1.75. The van der Waals surface area contributed by atoms with Crippen molar-refractivity contribution in [2.24, 2.45) is 0 Å². The first-order chi connectivity index (χ1) is 10.7. The van der Waals surface area contributed by atoms with Gasteiger partial charge in [-0.1, -0.05) is 25.7 Å². The number of carbonyl (C=O) groups excluding carboxylic acids is 2. The second kappa shape index (κ2) is 8.73. The number of thiophene rings is 1. The summed E-state index contributed by atoms with van der Waals surface area (Å²) in [4.78, 5) is 25.5. The van der Waals surface area contributed by atoms with Crippen molar-refractivity contribution in [3.63, 3.8) is 0 Å². The van der Waals surface area contributed by atoms with Crippen LogP contribution < -0.4 is 0 Å². The van der Waals surface area contributed by atoms with Gasteiger partial charge in [0.15, 0.2) is 5.78 Å². The van der Waals surface area contributed by atoms with Gasteiger partial charge in [-0.05, 0) is 38.0 Å². The van der Waals surface area contributed by atoms with Crippen LogP contribution in [0.3, 0.4) is 0 Å². The molecule has 0 N–H and O–H groups in total. The van der Waals surface area contributed by atoms with Crippen LogP contribution in [0, 0.1) is 0 Å². The molecular weight excluding hydrogens is 316 g/mol. The van der Waals surface area contributed by atoms with Gasteiger partial charge in [-0.15, -0.1) is 23.1 Å². The van der Waals surface area contributed by atoms with Crippen molar-refractivity contribution in [1.29, 1.82) is 0 Å². The van der Waals surface area contributed by atoms with Gasteiger partial charge in [-0.25, -0.2) is 4.79 Å². The van der Waals surface area contributed by atoms with E-state index >= 15 is 0 Å². The van der Waals surface area contributed by atoms with Gasteiger partial charge in [-0.2, -0.15) is 0 Å². The molecule has 0 amide bonds. The van der Waals surface area contributed by atoms with Gasteiger partial charge in [0.05, 0.1) is 10.8 Å². The monoisotopic (exact) mass is 340 g/mol. The fraction of sp³-hybridized carbons (Fsp3) is 0.647. The smallest absolute Gasteiger partial charge is 0.348 e. The zero-order valence-electron chi connectivity index (χ0n) is 13.4. The van der Waals surface area contributed by atoms with E-state index in [4.69, 9.17) is 4.74 Å². The predicted molar refractivity (Wildman–Crippen MR) is 92.4 cm³/mol. The normalized spacial score (nSPS) is 16.7. The predicted octanol–water partition coefficient (Wildman–Crippen LogP) is 5.12. The molecule has 0 saturated heterocycles. The molecule has 2 rings (SSSR count). The van der Waals surface area contributed by atoms with Crippen LogP contribution in [-0.4, -0.2) is 24.6 Å². The van der Waals surface area contributed by atoms with Gasteiger partial charge in [-0.3, -0.25) is 4.79 Å². The number of esters is 1. The van der Waals surface area contributed by atoms with Gasteiger partial charge in [0.1, 0.15) is 4.88 Å². The number of thioether (sulfide) groups is 1. The van der Waals surface area contributed by atoms with Crippen molar-refractivity contribution >= 4 is 34.9 Å². The molecule has 0 aromatic carbocycles. The zero-order valence-corrected chi connectivity index (χ0v) is 15.0. The Morgan fingerprint density at radius 2 is 1.77 bits per heavy atom. The Bertz CT molecular complexity index is 534. The van der Waals surface area contributed by atoms with Crippen LogP contribution >= 0.6 is 23.1 Å². The average Bonchev–Trinajstić information content (AvgIpc) is 2.86. The van der Waals surface area contributed by atoms with Crippen LogP contribution in [0.5, 0.6) is 0 Å². The molecular formula is C17H24O3S2. The van der Waals surface area contributed by atoms with Gasteiger partial charge in [0.2, 0.25) is 0 Å². The summed E-state index contributed by atoms with van der Waals surface area (Å²) < 4.78 is 6.17. The second-order valence-electron chi connectivity index (χ2n) is 5.54. The molecule has 0 bridgehead atoms. The summed E-state index contributed by atoms with van der Waals surface area (Å²) in [6.07, 6.45) is 10.1. The van der Waals surface area contributed by atoms with Crippen molar-refractivity contribution in [2.45, 2.75) is 62.5 Å². The van der Waals surface area contributed by atoms with Crippen LogP contribution in [0.4, 0.5) is 0 Å². The minimum Gasteiger partial charge on any atom is -0.462 e. The number of Topliss-reactive ketones (excluding diaryl/α,β-unsaturated/α-hetero) is 1. The lowest BCUT2D eigenvalue weighted by Gasteiger charge is -2.07. The average molecular weight is 341 g/mol. The molecule has 0 aliphatic heterocycles. The second-order valence-corrected chi connectivity index (χ2v) is 7.64. The first kappa shape index (κ1) is 17.5. The molecule has 122 valence electrons. The van der Waals surface area contributed by atoms with Crippen molar-refractivity contribution in [2.75, 3.05) is 12.9 Å². The maximum Gasteiger partial charge on any atom is 0.348 e. The molecule has 0 spiro atoms. The van der Waals surface area contributed by atoms with E-state index in [1.807, 2.05) is 13.2 Å². The summed E-state index contributed by atoms with van der Waals surface area (Å²) in [6.45, 7) is 2.18. The molecule has 0 unspecified atom stereocenters. The van der Waals surface area contributed by atoms with E-state index in [-0.39, 0.29) is 11.8 Å². The Morgan fingerprint density at radius 3 is 2.41 bits per heavy atom. The van der Waals surface area contributed by atoms with Gasteiger partial charge >= 0.3 is 5.97 Å². The van der Waals surface area contributed by atoms with E-state index < -0.39 is 0 Å². The highest BCUT2D eigenvalue weighted by atomic mass is 32.2. The first-order valence-electron chi connectivity index (χ1n) is 8.09. The molecule has 1 aliphatic rings. The van der Waals surface area contributed by atoms with E-state index in [2.05, 4.69) is 0 Å². The number of ether oxygens (including phenoxy) is 1. The van der Waals surface area contributed by atoms with E-state index in [9.17, 15) is 9.59 Å². The molecule has 0 fully saturated rings. The van der Waals surface area contributed by atoms with Crippen LogP contribution in [0.25, 0.3) is 0 Å². The summed E-state index contributed by atoms with van der Waals surface area (Å²) in [7, 11) is 0.